The highest BCUT2D eigenvalue weighted by molar-refractivity contribution is 6.08. The van der Waals surface area contributed by atoms with E-state index in [0.29, 0.717) is 34.4 Å². The van der Waals surface area contributed by atoms with Gasteiger partial charge in [-0.25, -0.2) is 4.98 Å². The third kappa shape index (κ3) is 5.78. The van der Waals surface area contributed by atoms with Crippen molar-refractivity contribution in [2.45, 2.75) is 50.5 Å². The Hall–Kier alpha value is -4.68. The number of nitriles is 1. The lowest BCUT2D eigenvalue weighted by molar-refractivity contribution is -0.138. The Balaban J connectivity index is 1.39. The van der Waals surface area contributed by atoms with Crippen molar-refractivity contribution < 1.29 is 18.0 Å². The van der Waals surface area contributed by atoms with Crippen molar-refractivity contribution >= 4 is 22.6 Å². The maximum Gasteiger partial charge on any atom is 0.416 e. The summed E-state index contributed by atoms with van der Waals surface area (Å²) < 4.78 is 41.0. The van der Waals surface area contributed by atoms with Gasteiger partial charge >= 0.3 is 6.18 Å². The molecule has 1 aromatic heterocycles. The monoisotopic (exact) mass is 609 g/mol. The van der Waals surface area contributed by atoms with Crippen LogP contribution in [0.25, 0.3) is 22.0 Å². The number of halogens is 3. The van der Waals surface area contributed by atoms with E-state index in [4.69, 9.17) is 4.98 Å². The molecule has 1 amide bonds. The first-order valence-electron chi connectivity index (χ1n) is 15.2. The molecule has 1 saturated heterocycles. The van der Waals surface area contributed by atoms with Crippen LogP contribution in [0.1, 0.15) is 53.2 Å². The molecule has 6 nitrogen and oxygen atoms in total. The van der Waals surface area contributed by atoms with Crippen molar-refractivity contribution in [1.82, 2.24) is 14.8 Å². The van der Waals surface area contributed by atoms with E-state index in [9.17, 15) is 23.2 Å². The predicted molar refractivity (Wildman–Crippen MR) is 170 cm³/mol. The SMILES string of the molecule is C=CCN(CC)C1CC12CCCN2C(=O)c1cc(NCc2ccccc2C(F)(F)F)nc2ccc(-c3ccc(C#N)cc3)cc12. The lowest BCUT2D eigenvalue weighted by Crippen LogP contribution is -2.44. The van der Waals surface area contributed by atoms with E-state index in [2.05, 4.69) is 29.8 Å². The number of likely N-dealkylation sites (N-methyl/N-ethyl adjacent to an activating group) is 1. The lowest BCUT2D eigenvalue weighted by atomic mass is 9.99. The molecular weight excluding hydrogens is 575 g/mol. The highest BCUT2D eigenvalue weighted by Crippen LogP contribution is 2.53. The minimum absolute atomic E-state index is 0.0946. The van der Waals surface area contributed by atoms with Crippen LogP contribution in [0.2, 0.25) is 0 Å². The van der Waals surface area contributed by atoms with E-state index >= 15 is 0 Å². The van der Waals surface area contributed by atoms with Crippen molar-refractivity contribution in [3.05, 3.63) is 108 Å². The smallest absolute Gasteiger partial charge is 0.366 e. The Morgan fingerprint density at radius 1 is 1.16 bits per heavy atom. The number of anilines is 1. The number of nitrogens with zero attached hydrogens (tertiary/aromatic N) is 4. The molecule has 4 aromatic rings. The fourth-order valence-corrected chi connectivity index (χ4v) is 6.84. The summed E-state index contributed by atoms with van der Waals surface area (Å²) in [5.41, 5.74) is 2.48. The van der Waals surface area contributed by atoms with Crippen molar-refractivity contribution in [2.75, 3.05) is 25.0 Å². The molecule has 45 heavy (non-hydrogen) atoms. The number of benzene rings is 3. The van der Waals surface area contributed by atoms with E-state index in [-0.39, 0.29) is 29.6 Å². The van der Waals surface area contributed by atoms with Crippen LogP contribution in [0, 0.1) is 11.3 Å². The van der Waals surface area contributed by atoms with Gasteiger partial charge in [-0.1, -0.05) is 49.4 Å². The molecule has 9 heteroatoms. The second-order valence-corrected chi connectivity index (χ2v) is 11.7. The van der Waals surface area contributed by atoms with Gasteiger partial charge in [-0.05, 0) is 78.9 Å². The Morgan fingerprint density at radius 2 is 1.91 bits per heavy atom. The molecule has 2 atom stereocenters. The molecule has 0 radical (unpaired) electrons. The predicted octanol–water partition coefficient (Wildman–Crippen LogP) is 7.66. The zero-order valence-electron chi connectivity index (χ0n) is 25.1. The van der Waals surface area contributed by atoms with Crippen molar-refractivity contribution in [3.63, 3.8) is 0 Å². The van der Waals surface area contributed by atoms with Crippen LogP contribution in [0.5, 0.6) is 0 Å². The highest BCUT2D eigenvalue weighted by atomic mass is 19.4. The molecule has 230 valence electrons. The number of nitrogens with one attached hydrogen (secondary N) is 1. The summed E-state index contributed by atoms with van der Waals surface area (Å²) in [6.07, 6.45) is 0.148. The third-order valence-corrected chi connectivity index (χ3v) is 9.16. The topological polar surface area (TPSA) is 72.3 Å². The van der Waals surface area contributed by atoms with Crippen molar-refractivity contribution in [1.29, 1.82) is 5.26 Å². The summed E-state index contributed by atoms with van der Waals surface area (Å²) in [5, 5.41) is 13.0. The molecule has 1 N–H and O–H groups in total. The number of rotatable bonds is 9. The number of aromatic nitrogens is 1. The minimum Gasteiger partial charge on any atom is -0.366 e. The first kappa shape index (κ1) is 30.4. The second-order valence-electron chi connectivity index (χ2n) is 11.7. The molecule has 3 aromatic carbocycles. The molecule has 1 aliphatic heterocycles. The van der Waals surface area contributed by atoms with E-state index in [1.165, 1.54) is 12.1 Å². The van der Waals surface area contributed by atoms with Gasteiger partial charge in [-0.2, -0.15) is 18.4 Å². The van der Waals surface area contributed by atoms with E-state index in [0.717, 1.165) is 49.5 Å². The minimum atomic E-state index is -4.49. The summed E-state index contributed by atoms with van der Waals surface area (Å²) >= 11 is 0. The number of carbonyl (C=O) groups excluding carboxylic acids is 1. The largest absolute Gasteiger partial charge is 0.416 e. The molecular formula is C36H34F3N5O. The number of hydrogen-bond acceptors (Lipinski definition) is 5. The van der Waals surface area contributed by atoms with Gasteiger partial charge in [0.15, 0.2) is 0 Å². The van der Waals surface area contributed by atoms with Crippen LogP contribution >= 0.6 is 0 Å². The molecule has 2 fully saturated rings. The second kappa shape index (κ2) is 12.0. The van der Waals surface area contributed by atoms with Crippen LogP contribution in [0.3, 0.4) is 0 Å². The maximum absolute atomic E-state index is 14.5. The summed E-state index contributed by atoms with van der Waals surface area (Å²) in [4.78, 5) is 23.6. The number of amides is 1. The molecule has 6 rings (SSSR count). The quantitative estimate of drug-likeness (QED) is 0.197. The Kier molecular flexibility index (Phi) is 8.10. The first-order valence-corrected chi connectivity index (χ1v) is 15.2. The lowest BCUT2D eigenvalue weighted by Gasteiger charge is -2.30. The van der Waals surface area contributed by atoms with E-state index in [1.807, 2.05) is 41.3 Å². The van der Waals surface area contributed by atoms with Gasteiger partial charge in [-0.15, -0.1) is 6.58 Å². The third-order valence-electron chi connectivity index (χ3n) is 9.16. The highest BCUT2D eigenvalue weighted by Gasteiger charge is 2.63. The van der Waals surface area contributed by atoms with Gasteiger partial charge in [-0.3, -0.25) is 9.69 Å². The molecule has 2 heterocycles. The zero-order chi connectivity index (χ0) is 31.8. The Bertz CT molecular complexity index is 1800. The molecule has 0 bridgehead atoms. The number of pyridine rings is 1. The number of fused-ring (bicyclic) bond motifs is 1. The van der Waals surface area contributed by atoms with Gasteiger partial charge < -0.3 is 10.2 Å². The van der Waals surface area contributed by atoms with Gasteiger partial charge in [0.25, 0.3) is 5.91 Å². The van der Waals surface area contributed by atoms with Gasteiger partial charge in [0.1, 0.15) is 5.82 Å². The first-order chi connectivity index (χ1) is 21.7. The average Bonchev–Trinajstić information content (AvgIpc) is 3.61. The van der Waals surface area contributed by atoms with Crippen LogP contribution in [-0.2, 0) is 12.7 Å². The van der Waals surface area contributed by atoms with Crippen LogP contribution in [0.4, 0.5) is 19.0 Å². The number of likely N-dealkylation sites (tertiary alicyclic amines) is 1. The number of alkyl halides is 3. The molecule has 1 aliphatic carbocycles. The average molecular weight is 610 g/mol. The van der Waals surface area contributed by atoms with Crippen LogP contribution in [0.15, 0.2) is 85.5 Å². The summed E-state index contributed by atoms with van der Waals surface area (Å²) in [5.74, 6) is 0.226. The molecule has 1 spiro atoms. The van der Waals surface area contributed by atoms with Gasteiger partial charge in [0.2, 0.25) is 0 Å². The van der Waals surface area contributed by atoms with Gasteiger partial charge in [0.05, 0.1) is 33.8 Å². The van der Waals surface area contributed by atoms with Crippen molar-refractivity contribution in [2.24, 2.45) is 0 Å². The molecule has 2 aliphatic rings. The fraction of sp³-hybridized carbons (Fsp3) is 0.306. The van der Waals surface area contributed by atoms with Crippen LogP contribution in [-0.4, -0.2) is 51.9 Å². The van der Waals surface area contributed by atoms with Gasteiger partial charge in [0, 0.05) is 31.1 Å². The maximum atomic E-state index is 14.5. The normalized spacial score (nSPS) is 19.2. The number of hydrogen-bond donors (Lipinski definition) is 1. The van der Waals surface area contributed by atoms with Crippen LogP contribution < -0.4 is 5.32 Å². The Labute approximate surface area is 260 Å². The number of carbonyl (C=O) groups is 1. The zero-order valence-corrected chi connectivity index (χ0v) is 25.1. The van der Waals surface area contributed by atoms with Crippen molar-refractivity contribution in [3.8, 4) is 17.2 Å². The van der Waals surface area contributed by atoms with E-state index in [1.54, 1.807) is 24.3 Å². The Morgan fingerprint density at radius 3 is 2.62 bits per heavy atom. The summed E-state index contributed by atoms with van der Waals surface area (Å²) in [7, 11) is 0. The summed E-state index contributed by atoms with van der Waals surface area (Å²) in [6.45, 7) is 8.18. The molecule has 2 unspecified atom stereocenters. The summed E-state index contributed by atoms with van der Waals surface area (Å²) in [6, 6.07) is 22.4. The molecule has 1 saturated carbocycles. The fourth-order valence-electron chi connectivity index (χ4n) is 6.84. The standard InChI is InChI=1S/C36H34F3N5O/c1-3-17-43(4-2)32-21-35(32)16-7-18-44(35)34(45)29-20-33(41-23-27-8-5-6-9-30(27)36(37,38)39)42-31-15-14-26(19-28(29)31)25-12-10-24(22-40)11-13-25/h3,5-6,8-15,19-20,32H,1,4,7,16-18,21,23H2,2H3,(H,41,42). The van der Waals surface area contributed by atoms with E-state index < -0.39 is 11.7 Å².